The van der Waals surface area contributed by atoms with Gasteiger partial charge in [-0.25, -0.2) is 0 Å². The second-order valence-corrected chi connectivity index (χ2v) is 10.7. The van der Waals surface area contributed by atoms with Gasteiger partial charge in [0, 0.05) is 5.56 Å². The molecule has 0 bridgehead atoms. The minimum atomic E-state index is -2.14. The average molecular weight is 395 g/mol. The molecular weight excluding hydrogens is 371 g/mol. The van der Waals surface area contributed by atoms with E-state index in [0.29, 0.717) is 6.16 Å². The van der Waals surface area contributed by atoms with Gasteiger partial charge in [0.2, 0.25) is 5.78 Å². The van der Waals surface area contributed by atoms with E-state index in [1.807, 2.05) is 49.4 Å². The van der Waals surface area contributed by atoms with Crippen molar-refractivity contribution in [1.29, 1.82) is 0 Å². The van der Waals surface area contributed by atoms with Crippen molar-refractivity contribution in [2.75, 3.05) is 6.16 Å². The molecule has 0 aliphatic heterocycles. The highest BCUT2D eigenvalue weighted by Gasteiger charge is 2.47. The molecule has 2 heteroatoms. The predicted molar refractivity (Wildman–Crippen MR) is 126 cm³/mol. The van der Waals surface area contributed by atoms with E-state index in [1.165, 1.54) is 15.9 Å². The highest BCUT2D eigenvalue weighted by molar-refractivity contribution is 7.96. The van der Waals surface area contributed by atoms with Crippen LogP contribution in [0, 0.1) is 6.92 Å². The first kappa shape index (κ1) is 19.3. The standard InChI is InChI=1S/C27H24OP/c1-22-13-11-12-20-26(22)27(28)21-29(23-14-5-2-6-15-23,24-16-7-3-8-17-24)25-18-9-4-10-19-25/h2-20H,21H2,1H3/q+1. The van der Waals surface area contributed by atoms with E-state index in [9.17, 15) is 4.79 Å². The number of rotatable bonds is 6. The quantitative estimate of drug-likeness (QED) is 0.325. The Kier molecular flexibility index (Phi) is 5.69. The van der Waals surface area contributed by atoms with Crippen LogP contribution in [0.3, 0.4) is 0 Å². The molecule has 0 unspecified atom stereocenters. The molecule has 0 spiro atoms. The zero-order chi connectivity index (χ0) is 20.1. The molecule has 0 aliphatic carbocycles. The summed E-state index contributed by atoms with van der Waals surface area (Å²) >= 11 is 0. The number of carbonyl (C=O) groups excluding carboxylic acids is 1. The van der Waals surface area contributed by atoms with E-state index >= 15 is 0 Å². The fourth-order valence-electron chi connectivity index (χ4n) is 3.95. The van der Waals surface area contributed by atoms with Crippen LogP contribution < -0.4 is 15.9 Å². The van der Waals surface area contributed by atoms with Crippen molar-refractivity contribution in [3.63, 3.8) is 0 Å². The molecule has 0 atom stereocenters. The Hall–Kier alpha value is -3.02. The van der Waals surface area contributed by atoms with Crippen molar-refractivity contribution in [3.05, 3.63) is 126 Å². The van der Waals surface area contributed by atoms with E-state index < -0.39 is 7.26 Å². The molecule has 4 rings (SSSR count). The van der Waals surface area contributed by atoms with Crippen molar-refractivity contribution in [2.24, 2.45) is 0 Å². The largest absolute Gasteiger partial charge is 0.290 e. The third kappa shape index (κ3) is 3.79. The van der Waals surface area contributed by atoms with Gasteiger partial charge in [-0.1, -0.05) is 78.9 Å². The van der Waals surface area contributed by atoms with Crippen LogP contribution in [0.4, 0.5) is 0 Å². The van der Waals surface area contributed by atoms with Crippen molar-refractivity contribution in [2.45, 2.75) is 6.92 Å². The molecule has 0 amide bonds. The Balaban J connectivity index is 1.95. The Morgan fingerprint density at radius 1 is 0.586 bits per heavy atom. The van der Waals surface area contributed by atoms with Crippen LogP contribution in [0.25, 0.3) is 0 Å². The molecule has 142 valence electrons. The maximum absolute atomic E-state index is 13.6. The van der Waals surface area contributed by atoms with Crippen LogP contribution in [0.2, 0.25) is 0 Å². The zero-order valence-electron chi connectivity index (χ0n) is 16.5. The summed E-state index contributed by atoms with van der Waals surface area (Å²) in [5.74, 6) is 0.202. The summed E-state index contributed by atoms with van der Waals surface area (Å²) in [5.41, 5.74) is 1.85. The third-order valence-electron chi connectivity index (χ3n) is 5.42. The lowest BCUT2D eigenvalue weighted by atomic mass is 10.1. The van der Waals surface area contributed by atoms with Crippen molar-refractivity contribution < 1.29 is 4.79 Å². The smallest absolute Gasteiger partial charge is 0.201 e. The van der Waals surface area contributed by atoms with Crippen LogP contribution >= 0.6 is 7.26 Å². The molecule has 4 aromatic carbocycles. The number of hydrogen-bond acceptors (Lipinski definition) is 1. The van der Waals surface area contributed by atoms with Gasteiger partial charge in [0.05, 0.1) is 0 Å². The topological polar surface area (TPSA) is 17.1 Å². The fraction of sp³-hybridized carbons (Fsp3) is 0.0741. The fourth-order valence-corrected chi connectivity index (χ4v) is 8.04. The minimum Gasteiger partial charge on any atom is -0.290 e. The molecule has 0 heterocycles. The van der Waals surface area contributed by atoms with Crippen LogP contribution in [0.1, 0.15) is 15.9 Å². The molecule has 0 saturated carbocycles. The molecule has 29 heavy (non-hydrogen) atoms. The van der Waals surface area contributed by atoms with Crippen LogP contribution in [-0.2, 0) is 0 Å². The summed E-state index contributed by atoms with van der Waals surface area (Å²) in [6.07, 6.45) is 0.482. The van der Waals surface area contributed by atoms with Gasteiger partial charge in [0.25, 0.3) is 0 Å². The normalized spacial score (nSPS) is 11.2. The SMILES string of the molecule is Cc1ccccc1C(=O)C[P+](c1ccccc1)(c1ccccc1)c1ccccc1. The first-order valence-electron chi connectivity index (χ1n) is 9.85. The maximum Gasteiger partial charge on any atom is 0.201 e. The molecule has 0 aliphatic rings. The van der Waals surface area contributed by atoms with Crippen molar-refractivity contribution in [1.82, 2.24) is 0 Å². The van der Waals surface area contributed by atoms with Crippen molar-refractivity contribution in [3.8, 4) is 0 Å². The van der Waals surface area contributed by atoms with E-state index in [1.54, 1.807) is 0 Å². The number of Topliss-reactive ketones (excluding diaryl/α,β-unsaturated/α-hetero) is 1. The van der Waals surface area contributed by atoms with Gasteiger partial charge in [0.1, 0.15) is 29.3 Å². The highest BCUT2D eigenvalue weighted by atomic mass is 31.2. The number of aryl methyl sites for hydroxylation is 1. The zero-order valence-corrected chi connectivity index (χ0v) is 17.4. The predicted octanol–water partition coefficient (Wildman–Crippen LogP) is 5.17. The Bertz CT molecular complexity index is 992. The number of carbonyl (C=O) groups is 1. The van der Waals surface area contributed by atoms with Gasteiger partial charge in [-0.2, -0.15) is 0 Å². The number of hydrogen-bond donors (Lipinski definition) is 0. The van der Waals surface area contributed by atoms with E-state index in [2.05, 4.69) is 72.8 Å². The highest BCUT2D eigenvalue weighted by Crippen LogP contribution is 2.55. The molecule has 0 radical (unpaired) electrons. The molecule has 0 N–H and O–H groups in total. The van der Waals surface area contributed by atoms with Gasteiger partial charge in [-0.15, -0.1) is 0 Å². The molecular formula is C27H24OP+. The number of ketones is 1. The lowest BCUT2D eigenvalue weighted by Crippen LogP contribution is -2.35. The summed E-state index contributed by atoms with van der Waals surface area (Å²) in [4.78, 5) is 13.6. The molecule has 0 fully saturated rings. The van der Waals surface area contributed by atoms with Gasteiger partial charge in [-0.3, -0.25) is 4.79 Å². The third-order valence-corrected chi connectivity index (χ3v) is 9.72. The van der Waals surface area contributed by atoms with E-state index in [0.717, 1.165) is 11.1 Å². The summed E-state index contributed by atoms with van der Waals surface area (Å²) in [6.45, 7) is 2.01. The monoisotopic (exact) mass is 395 g/mol. The maximum atomic E-state index is 13.6. The van der Waals surface area contributed by atoms with Crippen molar-refractivity contribution >= 4 is 29.0 Å². The van der Waals surface area contributed by atoms with Gasteiger partial charge < -0.3 is 0 Å². The average Bonchev–Trinajstić information content (AvgIpc) is 2.79. The Morgan fingerprint density at radius 2 is 0.966 bits per heavy atom. The lowest BCUT2D eigenvalue weighted by Gasteiger charge is -2.27. The summed E-state index contributed by atoms with van der Waals surface area (Å²) in [6, 6.07) is 39.6. The first-order valence-corrected chi connectivity index (χ1v) is 11.8. The molecule has 4 aromatic rings. The van der Waals surface area contributed by atoms with E-state index in [4.69, 9.17) is 0 Å². The van der Waals surface area contributed by atoms with E-state index in [-0.39, 0.29) is 5.78 Å². The first-order chi connectivity index (χ1) is 14.2. The second kappa shape index (κ2) is 8.55. The minimum absolute atomic E-state index is 0.202. The Labute approximate surface area is 173 Å². The summed E-state index contributed by atoms with van der Waals surface area (Å²) in [5, 5.41) is 3.71. The summed E-state index contributed by atoms with van der Waals surface area (Å²) < 4.78 is 0. The lowest BCUT2D eigenvalue weighted by molar-refractivity contribution is 0.102. The van der Waals surface area contributed by atoms with Gasteiger partial charge >= 0.3 is 0 Å². The van der Waals surface area contributed by atoms with Gasteiger partial charge in [0.15, 0.2) is 0 Å². The van der Waals surface area contributed by atoms with Crippen LogP contribution in [0.15, 0.2) is 115 Å². The van der Waals surface area contributed by atoms with Gasteiger partial charge in [-0.05, 0) is 48.9 Å². The second-order valence-electron chi connectivity index (χ2n) is 7.21. The Morgan fingerprint density at radius 3 is 1.38 bits per heavy atom. The molecule has 0 saturated heterocycles. The number of benzene rings is 4. The van der Waals surface area contributed by atoms with Crippen LogP contribution in [0.5, 0.6) is 0 Å². The van der Waals surface area contributed by atoms with Crippen LogP contribution in [-0.4, -0.2) is 11.9 Å². The summed E-state index contributed by atoms with van der Waals surface area (Å²) in [7, 11) is -2.14. The molecule has 0 aromatic heterocycles. The molecule has 1 nitrogen and oxygen atoms in total.